The van der Waals surface area contributed by atoms with Gasteiger partial charge in [-0.25, -0.2) is 4.79 Å². The number of unbranched alkanes of at least 4 members (excludes halogenated alkanes) is 2. The Hall–Kier alpha value is -1.92. The third-order valence-electron chi connectivity index (χ3n) is 1.58. The SMILES string of the molecule is CC(=O)C(=O)O.O=C(O)CCCCCC(=O)O. The van der Waals surface area contributed by atoms with Gasteiger partial charge in [0.2, 0.25) is 5.78 Å². The van der Waals surface area contributed by atoms with Gasteiger partial charge < -0.3 is 15.3 Å². The van der Waals surface area contributed by atoms with E-state index in [-0.39, 0.29) is 12.8 Å². The van der Waals surface area contributed by atoms with E-state index in [9.17, 15) is 19.2 Å². The number of hydrogen-bond acceptors (Lipinski definition) is 4. The molecule has 3 N–H and O–H groups in total. The van der Waals surface area contributed by atoms with Gasteiger partial charge in [0.15, 0.2) is 0 Å². The molecule has 0 heterocycles. The monoisotopic (exact) mass is 248 g/mol. The topological polar surface area (TPSA) is 129 Å². The molecule has 7 heteroatoms. The van der Waals surface area contributed by atoms with Crippen molar-refractivity contribution in [3.05, 3.63) is 0 Å². The molecular weight excluding hydrogens is 232 g/mol. The van der Waals surface area contributed by atoms with Crippen molar-refractivity contribution >= 4 is 23.7 Å². The van der Waals surface area contributed by atoms with Crippen molar-refractivity contribution in [3.63, 3.8) is 0 Å². The lowest BCUT2D eigenvalue weighted by molar-refractivity contribution is -0.148. The number of carboxylic acid groups (broad SMARTS) is 3. The molecule has 0 saturated carbocycles. The minimum absolute atomic E-state index is 0.139. The Balaban J connectivity index is 0. The highest BCUT2D eigenvalue weighted by Gasteiger charge is 1.99. The Morgan fingerprint density at radius 3 is 1.24 bits per heavy atom. The largest absolute Gasteiger partial charge is 0.481 e. The summed E-state index contributed by atoms with van der Waals surface area (Å²) in [5, 5.41) is 24.1. The van der Waals surface area contributed by atoms with Crippen LogP contribution in [-0.2, 0) is 19.2 Å². The summed E-state index contributed by atoms with van der Waals surface area (Å²) < 4.78 is 0. The average molecular weight is 248 g/mol. The van der Waals surface area contributed by atoms with Crippen molar-refractivity contribution in [2.75, 3.05) is 0 Å². The Labute approximate surface area is 98.1 Å². The number of rotatable bonds is 7. The molecule has 0 spiro atoms. The molecule has 0 amide bonds. The zero-order valence-corrected chi connectivity index (χ0v) is 9.51. The summed E-state index contributed by atoms with van der Waals surface area (Å²) in [4.78, 5) is 38.9. The summed E-state index contributed by atoms with van der Waals surface area (Å²) in [6.45, 7) is 1.00. The number of hydrogen-bond donors (Lipinski definition) is 3. The Morgan fingerprint density at radius 1 is 0.765 bits per heavy atom. The van der Waals surface area contributed by atoms with Gasteiger partial charge in [-0.05, 0) is 12.8 Å². The minimum Gasteiger partial charge on any atom is -0.481 e. The smallest absolute Gasteiger partial charge is 0.371 e. The molecule has 17 heavy (non-hydrogen) atoms. The van der Waals surface area contributed by atoms with Crippen LogP contribution in [0.2, 0.25) is 0 Å². The van der Waals surface area contributed by atoms with Crippen LogP contribution in [0.3, 0.4) is 0 Å². The molecule has 0 saturated heterocycles. The molecular formula is C10H16O7. The van der Waals surface area contributed by atoms with Gasteiger partial charge in [-0.1, -0.05) is 6.42 Å². The van der Waals surface area contributed by atoms with Crippen molar-refractivity contribution in [1.29, 1.82) is 0 Å². The summed E-state index contributed by atoms with van der Waals surface area (Å²) in [6, 6.07) is 0. The number of carboxylic acids is 3. The summed E-state index contributed by atoms with van der Waals surface area (Å²) in [5.74, 6) is -3.84. The van der Waals surface area contributed by atoms with Gasteiger partial charge in [0.1, 0.15) is 0 Å². The molecule has 0 aliphatic rings. The van der Waals surface area contributed by atoms with E-state index in [1.807, 2.05) is 0 Å². The lowest BCUT2D eigenvalue weighted by atomic mass is 10.1. The highest BCUT2D eigenvalue weighted by Crippen LogP contribution is 2.02. The fourth-order valence-electron chi connectivity index (χ4n) is 0.729. The highest BCUT2D eigenvalue weighted by molar-refractivity contribution is 6.31. The second-order valence-corrected chi connectivity index (χ2v) is 3.21. The molecule has 0 rings (SSSR count). The van der Waals surface area contributed by atoms with Crippen LogP contribution in [0.1, 0.15) is 39.0 Å². The van der Waals surface area contributed by atoms with Crippen LogP contribution in [-0.4, -0.2) is 39.0 Å². The second kappa shape index (κ2) is 10.6. The van der Waals surface area contributed by atoms with E-state index in [2.05, 4.69) is 0 Å². The quantitative estimate of drug-likeness (QED) is 0.448. The molecule has 0 aromatic heterocycles. The molecule has 0 bridgehead atoms. The molecule has 0 fully saturated rings. The minimum atomic E-state index is -1.38. The molecule has 0 radical (unpaired) electrons. The lowest BCUT2D eigenvalue weighted by Gasteiger charge is -1.94. The predicted octanol–water partition coefficient (Wildman–Crippen LogP) is 0.766. The molecule has 98 valence electrons. The van der Waals surface area contributed by atoms with Crippen LogP contribution in [0.5, 0.6) is 0 Å². The van der Waals surface area contributed by atoms with Crippen LogP contribution in [0, 0.1) is 0 Å². The van der Waals surface area contributed by atoms with E-state index in [0.717, 1.165) is 6.92 Å². The standard InChI is InChI=1S/C7H12O4.C3H4O3/c8-6(9)4-2-1-3-5-7(10)11;1-2(4)3(5)6/h1-5H2,(H,8,9)(H,10,11);1H3,(H,5,6). The molecule has 7 nitrogen and oxygen atoms in total. The van der Waals surface area contributed by atoms with Crippen molar-refractivity contribution in [2.45, 2.75) is 39.0 Å². The van der Waals surface area contributed by atoms with E-state index in [4.69, 9.17) is 15.3 Å². The summed E-state index contributed by atoms with van der Waals surface area (Å²) >= 11 is 0. The third-order valence-corrected chi connectivity index (χ3v) is 1.58. The first-order chi connectivity index (χ1) is 7.77. The second-order valence-electron chi connectivity index (χ2n) is 3.21. The highest BCUT2D eigenvalue weighted by atomic mass is 16.4. The maximum absolute atomic E-state index is 9.98. The van der Waals surface area contributed by atoms with E-state index < -0.39 is 23.7 Å². The van der Waals surface area contributed by atoms with Crippen molar-refractivity contribution in [3.8, 4) is 0 Å². The fraction of sp³-hybridized carbons (Fsp3) is 0.600. The Morgan fingerprint density at radius 2 is 1.06 bits per heavy atom. The molecule has 0 aromatic rings. The maximum atomic E-state index is 9.98. The van der Waals surface area contributed by atoms with Crippen LogP contribution in [0.15, 0.2) is 0 Å². The number of Topliss-reactive ketones (excluding diaryl/α,β-unsaturated/α-hetero) is 1. The Kier molecular flexibility index (Phi) is 10.9. The molecule has 0 aromatic carbocycles. The first-order valence-corrected chi connectivity index (χ1v) is 4.94. The van der Waals surface area contributed by atoms with Crippen LogP contribution in [0.25, 0.3) is 0 Å². The van der Waals surface area contributed by atoms with Crippen LogP contribution >= 0.6 is 0 Å². The van der Waals surface area contributed by atoms with Crippen LogP contribution in [0.4, 0.5) is 0 Å². The van der Waals surface area contributed by atoms with Gasteiger partial charge in [-0.2, -0.15) is 0 Å². The fourth-order valence-corrected chi connectivity index (χ4v) is 0.729. The summed E-state index contributed by atoms with van der Waals surface area (Å²) in [6.07, 6.45) is 2.10. The van der Waals surface area contributed by atoms with E-state index in [0.29, 0.717) is 19.3 Å². The maximum Gasteiger partial charge on any atom is 0.371 e. The third kappa shape index (κ3) is 20.2. The number of carbonyl (C=O) groups is 4. The summed E-state index contributed by atoms with van der Waals surface area (Å²) in [5.41, 5.74) is 0. The van der Waals surface area contributed by atoms with Gasteiger partial charge >= 0.3 is 17.9 Å². The molecule has 0 aliphatic carbocycles. The van der Waals surface area contributed by atoms with Gasteiger partial charge in [-0.15, -0.1) is 0 Å². The first kappa shape index (κ1) is 17.5. The Bertz CT molecular complexity index is 254. The van der Waals surface area contributed by atoms with E-state index >= 15 is 0 Å². The zero-order valence-electron chi connectivity index (χ0n) is 9.51. The molecule has 0 aliphatic heterocycles. The van der Waals surface area contributed by atoms with Gasteiger partial charge in [-0.3, -0.25) is 14.4 Å². The van der Waals surface area contributed by atoms with Crippen LogP contribution < -0.4 is 0 Å². The van der Waals surface area contributed by atoms with Gasteiger partial charge in [0, 0.05) is 19.8 Å². The average Bonchev–Trinajstić information content (AvgIpc) is 2.17. The number of carbonyl (C=O) groups excluding carboxylic acids is 1. The number of aliphatic carboxylic acids is 3. The zero-order chi connectivity index (χ0) is 13.8. The normalized spacial score (nSPS) is 8.76. The number of ketones is 1. The first-order valence-electron chi connectivity index (χ1n) is 4.94. The van der Waals surface area contributed by atoms with Crippen molar-refractivity contribution < 1.29 is 34.5 Å². The van der Waals surface area contributed by atoms with E-state index in [1.54, 1.807) is 0 Å². The van der Waals surface area contributed by atoms with Gasteiger partial charge in [0.05, 0.1) is 0 Å². The summed E-state index contributed by atoms with van der Waals surface area (Å²) in [7, 11) is 0. The lowest BCUT2D eigenvalue weighted by Crippen LogP contribution is -2.05. The van der Waals surface area contributed by atoms with Crippen molar-refractivity contribution in [1.82, 2.24) is 0 Å². The molecule has 0 atom stereocenters. The molecule has 0 unspecified atom stereocenters. The predicted molar refractivity (Wildman–Crippen MR) is 56.7 cm³/mol. The van der Waals surface area contributed by atoms with Gasteiger partial charge in [0.25, 0.3) is 0 Å². The van der Waals surface area contributed by atoms with Crippen molar-refractivity contribution in [2.24, 2.45) is 0 Å². The van der Waals surface area contributed by atoms with E-state index in [1.165, 1.54) is 0 Å².